The summed E-state index contributed by atoms with van der Waals surface area (Å²) in [4.78, 5) is 24.1. The first-order chi connectivity index (χ1) is 13.0. The molecule has 0 radical (unpaired) electrons. The van der Waals surface area contributed by atoms with E-state index in [1.807, 2.05) is 19.1 Å². The zero-order valence-corrected chi connectivity index (χ0v) is 15.6. The summed E-state index contributed by atoms with van der Waals surface area (Å²) in [6.45, 7) is 2.43. The van der Waals surface area contributed by atoms with E-state index in [-0.39, 0.29) is 11.6 Å². The molecule has 0 amide bonds. The van der Waals surface area contributed by atoms with Crippen molar-refractivity contribution in [1.82, 2.24) is 4.57 Å². The van der Waals surface area contributed by atoms with Gasteiger partial charge in [0.15, 0.2) is 0 Å². The second-order valence-electron chi connectivity index (χ2n) is 6.75. The number of carboxylic acids is 1. The summed E-state index contributed by atoms with van der Waals surface area (Å²) in [5, 5.41) is 13.7. The summed E-state index contributed by atoms with van der Waals surface area (Å²) in [6.07, 6.45) is 3.32. The first-order valence-corrected chi connectivity index (χ1v) is 9.31. The molecule has 1 atom stereocenters. The highest BCUT2D eigenvalue weighted by atomic mass is 35.5. The fraction of sp³-hybridized carbons (Fsp3) is 0.238. The Balaban J connectivity index is 1.83. The Morgan fingerprint density at radius 2 is 2.11 bits per heavy atom. The highest BCUT2D eigenvalue weighted by Gasteiger charge is 2.23. The molecule has 0 spiro atoms. The van der Waals surface area contributed by atoms with Gasteiger partial charge in [0.05, 0.1) is 22.3 Å². The predicted molar refractivity (Wildman–Crippen MR) is 107 cm³/mol. The van der Waals surface area contributed by atoms with Crippen LogP contribution < -0.4 is 10.7 Å². The lowest BCUT2D eigenvalue weighted by atomic mass is 10.1. The number of aromatic nitrogens is 1. The van der Waals surface area contributed by atoms with Crippen LogP contribution in [-0.2, 0) is 13.0 Å². The van der Waals surface area contributed by atoms with E-state index in [1.165, 1.54) is 17.3 Å². The van der Waals surface area contributed by atoms with Crippen LogP contribution in [0.5, 0.6) is 0 Å². The quantitative estimate of drug-likeness (QED) is 0.698. The van der Waals surface area contributed by atoms with Crippen LogP contribution in [0, 0.1) is 0 Å². The van der Waals surface area contributed by atoms with Crippen LogP contribution in [0.25, 0.3) is 10.9 Å². The largest absolute Gasteiger partial charge is 0.477 e. The molecule has 4 rings (SSSR count). The highest BCUT2D eigenvalue weighted by Crippen LogP contribution is 2.36. The maximum absolute atomic E-state index is 12.7. The maximum atomic E-state index is 12.7. The fourth-order valence-corrected chi connectivity index (χ4v) is 4.04. The van der Waals surface area contributed by atoms with Gasteiger partial charge in [-0.2, -0.15) is 0 Å². The van der Waals surface area contributed by atoms with Crippen LogP contribution >= 0.6 is 11.6 Å². The van der Waals surface area contributed by atoms with Gasteiger partial charge in [0.25, 0.3) is 0 Å². The lowest BCUT2D eigenvalue weighted by Gasteiger charge is -2.18. The van der Waals surface area contributed by atoms with Crippen molar-refractivity contribution >= 4 is 34.2 Å². The number of carboxylic acid groups (broad SMARTS) is 1. The fourth-order valence-electron chi connectivity index (χ4n) is 3.83. The van der Waals surface area contributed by atoms with Crippen LogP contribution in [0.3, 0.4) is 0 Å². The van der Waals surface area contributed by atoms with Gasteiger partial charge in [-0.05, 0) is 43.0 Å². The first kappa shape index (κ1) is 17.6. The third-order valence-electron chi connectivity index (χ3n) is 5.20. The number of hydrogen-bond donors (Lipinski definition) is 2. The molecule has 27 heavy (non-hydrogen) atoms. The van der Waals surface area contributed by atoms with Crippen molar-refractivity contribution in [3.63, 3.8) is 0 Å². The van der Waals surface area contributed by atoms with E-state index in [4.69, 9.17) is 11.6 Å². The number of carbonyl (C=O) groups is 1. The van der Waals surface area contributed by atoms with Gasteiger partial charge in [-0.25, -0.2) is 4.79 Å². The van der Waals surface area contributed by atoms with Gasteiger partial charge in [-0.3, -0.25) is 4.79 Å². The van der Waals surface area contributed by atoms with Gasteiger partial charge >= 0.3 is 5.97 Å². The Morgan fingerprint density at radius 1 is 1.33 bits per heavy atom. The number of fused-ring (bicyclic) bond motifs is 2. The van der Waals surface area contributed by atoms with Crippen molar-refractivity contribution in [2.45, 2.75) is 32.4 Å². The Labute approximate surface area is 161 Å². The molecule has 6 heteroatoms. The summed E-state index contributed by atoms with van der Waals surface area (Å²) in [6, 6.07) is 11.8. The molecule has 0 bridgehead atoms. The van der Waals surface area contributed by atoms with E-state index in [0.29, 0.717) is 28.2 Å². The molecule has 1 aliphatic rings. The summed E-state index contributed by atoms with van der Waals surface area (Å²) in [7, 11) is 0. The number of hydrogen-bond acceptors (Lipinski definition) is 3. The molecular weight excluding hydrogens is 364 g/mol. The third-order valence-corrected chi connectivity index (χ3v) is 5.52. The molecule has 5 nitrogen and oxygen atoms in total. The normalized spacial score (nSPS) is 15.7. The highest BCUT2D eigenvalue weighted by molar-refractivity contribution is 6.34. The molecular formula is C21H19ClN2O3. The molecule has 0 saturated heterocycles. The summed E-state index contributed by atoms with van der Waals surface area (Å²) >= 11 is 6.50. The van der Waals surface area contributed by atoms with Crippen LogP contribution in [-0.4, -0.2) is 15.6 Å². The topological polar surface area (TPSA) is 71.3 Å². The average Bonchev–Trinajstić information content (AvgIpc) is 3.06. The van der Waals surface area contributed by atoms with Crippen LogP contribution in [0.4, 0.5) is 5.69 Å². The average molecular weight is 383 g/mol. The summed E-state index contributed by atoms with van der Waals surface area (Å²) in [5.41, 5.74) is 3.10. The van der Waals surface area contributed by atoms with E-state index in [0.717, 1.165) is 12.8 Å². The van der Waals surface area contributed by atoms with Crippen molar-refractivity contribution in [1.29, 1.82) is 0 Å². The lowest BCUT2D eigenvalue weighted by Crippen LogP contribution is -2.19. The molecule has 0 fully saturated rings. The van der Waals surface area contributed by atoms with Gasteiger partial charge < -0.3 is 15.0 Å². The van der Waals surface area contributed by atoms with E-state index in [1.54, 1.807) is 16.7 Å². The molecule has 3 aromatic rings. The molecule has 0 saturated carbocycles. The van der Waals surface area contributed by atoms with Crippen LogP contribution in [0.15, 0.2) is 47.4 Å². The molecule has 1 heterocycles. The molecule has 2 aromatic carbocycles. The van der Waals surface area contributed by atoms with Crippen molar-refractivity contribution in [3.8, 4) is 0 Å². The smallest absolute Gasteiger partial charge is 0.341 e. The van der Waals surface area contributed by atoms with Crippen LogP contribution in [0.1, 0.15) is 40.9 Å². The zero-order chi connectivity index (χ0) is 19.1. The SMILES string of the molecule is CCn1cc(C(=O)O)c(=O)c2cc(NC3CCc4ccccc43)c(Cl)cc21. The van der Waals surface area contributed by atoms with Crippen molar-refractivity contribution in [3.05, 3.63) is 74.5 Å². The van der Waals surface area contributed by atoms with Crippen molar-refractivity contribution in [2.75, 3.05) is 5.32 Å². The predicted octanol–water partition coefficient (Wildman–Crippen LogP) is 4.47. The Hall–Kier alpha value is -2.79. The number of nitrogens with zero attached hydrogens (tertiary/aromatic N) is 1. The molecule has 1 aliphatic carbocycles. The van der Waals surface area contributed by atoms with E-state index in [2.05, 4.69) is 17.4 Å². The van der Waals surface area contributed by atoms with Crippen molar-refractivity contribution in [2.24, 2.45) is 0 Å². The van der Waals surface area contributed by atoms with E-state index in [9.17, 15) is 14.7 Å². The number of pyridine rings is 1. The van der Waals surface area contributed by atoms with Gasteiger partial charge in [-0.1, -0.05) is 35.9 Å². The Bertz CT molecular complexity index is 1120. The number of benzene rings is 2. The molecule has 0 aliphatic heterocycles. The van der Waals surface area contributed by atoms with Crippen molar-refractivity contribution < 1.29 is 9.90 Å². The molecule has 1 unspecified atom stereocenters. The minimum atomic E-state index is -1.22. The van der Waals surface area contributed by atoms with Gasteiger partial charge in [-0.15, -0.1) is 0 Å². The third kappa shape index (κ3) is 2.98. The number of halogens is 1. The maximum Gasteiger partial charge on any atom is 0.341 e. The standard InChI is InChI=1S/C21H19ClN2O3/c1-2-24-11-15(21(26)27)20(25)14-9-18(16(22)10-19(14)24)23-17-8-7-12-5-3-4-6-13(12)17/h3-6,9-11,17,23H,2,7-8H2,1H3,(H,26,27). The van der Waals surface area contributed by atoms with Crippen LogP contribution in [0.2, 0.25) is 5.02 Å². The van der Waals surface area contributed by atoms with E-state index >= 15 is 0 Å². The minimum absolute atomic E-state index is 0.118. The van der Waals surface area contributed by atoms with Gasteiger partial charge in [0.1, 0.15) is 5.56 Å². The zero-order valence-electron chi connectivity index (χ0n) is 14.8. The number of rotatable bonds is 4. The minimum Gasteiger partial charge on any atom is -0.477 e. The van der Waals surface area contributed by atoms with Gasteiger partial charge in [0, 0.05) is 18.1 Å². The summed E-state index contributed by atoms with van der Waals surface area (Å²) < 4.78 is 1.74. The monoisotopic (exact) mass is 382 g/mol. The first-order valence-electron chi connectivity index (χ1n) is 8.94. The summed E-state index contributed by atoms with van der Waals surface area (Å²) in [5.74, 6) is -1.22. The Kier molecular flexibility index (Phi) is 4.40. The van der Waals surface area contributed by atoms with Gasteiger partial charge in [0.2, 0.25) is 5.43 Å². The Morgan fingerprint density at radius 3 is 2.85 bits per heavy atom. The second-order valence-corrected chi connectivity index (χ2v) is 7.15. The second kappa shape index (κ2) is 6.74. The lowest BCUT2D eigenvalue weighted by molar-refractivity contribution is 0.0695. The number of nitrogens with one attached hydrogen (secondary N) is 1. The molecule has 138 valence electrons. The number of anilines is 1. The number of aryl methyl sites for hydroxylation is 2. The molecule has 1 aromatic heterocycles. The molecule has 2 N–H and O–H groups in total. The van der Waals surface area contributed by atoms with E-state index < -0.39 is 11.4 Å². The number of aromatic carboxylic acids is 1.